The molecular weight excluding hydrogens is 649 g/mol. The molecule has 0 amide bonds. The van der Waals surface area contributed by atoms with Crippen molar-refractivity contribution in [1.29, 1.82) is 0 Å². The third-order valence-electron chi connectivity index (χ3n) is 10.7. The summed E-state index contributed by atoms with van der Waals surface area (Å²) in [6.07, 6.45) is 10.8. The number of terminal acetylenes is 1. The van der Waals surface area contributed by atoms with Crippen molar-refractivity contribution in [2.45, 2.75) is 6.92 Å². The maximum atomic E-state index is 6.57. The number of hydrogen-bond donors (Lipinski definition) is 0. The summed E-state index contributed by atoms with van der Waals surface area (Å²) < 4.78 is 17.3. The first-order chi connectivity index (χ1) is 26.2. The highest BCUT2D eigenvalue weighted by Gasteiger charge is 2.22. The molecule has 0 bridgehead atoms. The minimum atomic E-state index is 0.767. The molecule has 4 heterocycles. The van der Waals surface area contributed by atoms with E-state index in [0.29, 0.717) is 0 Å². The first-order valence-electron chi connectivity index (χ1n) is 17.8. The number of nitrogens with zero attached hydrogens (tertiary/aromatic N) is 2. The molecule has 4 nitrogen and oxygen atoms in total. The largest absolute Gasteiger partial charge is 0.456 e. The maximum absolute atomic E-state index is 6.57. The summed E-state index contributed by atoms with van der Waals surface area (Å²) >= 11 is 0. The van der Waals surface area contributed by atoms with Crippen LogP contribution >= 0.6 is 0 Å². The fraction of sp³-hybridized carbons (Fsp3) is 0.0204. The molecule has 248 valence electrons. The summed E-state index contributed by atoms with van der Waals surface area (Å²) in [4.78, 5) is 0. The second-order valence-corrected chi connectivity index (χ2v) is 13.5. The Morgan fingerprint density at radius 3 is 1.68 bits per heavy atom. The van der Waals surface area contributed by atoms with Crippen molar-refractivity contribution in [3.8, 4) is 18.0 Å². The molecule has 11 rings (SSSR count). The third-order valence-corrected chi connectivity index (χ3v) is 10.7. The minimum Gasteiger partial charge on any atom is -0.456 e. The van der Waals surface area contributed by atoms with Gasteiger partial charge < -0.3 is 18.0 Å². The molecule has 0 radical (unpaired) electrons. The van der Waals surface area contributed by atoms with Crippen LogP contribution in [0.5, 0.6) is 0 Å². The van der Waals surface area contributed by atoms with E-state index in [4.69, 9.17) is 15.3 Å². The zero-order valence-electron chi connectivity index (χ0n) is 28.8. The Hall–Kier alpha value is -7.22. The predicted molar refractivity (Wildman–Crippen MR) is 222 cm³/mol. The lowest BCUT2D eigenvalue weighted by Crippen LogP contribution is -2.00. The van der Waals surface area contributed by atoms with Crippen molar-refractivity contribution in [3.63, 3.8) is 0 Å². The van der Waals surface area contributed by atoms with Crippen LogP contribution in [0.1, 0.15) is 12.5 Å². The van der Waals surface area contributed by atoms with E-state index in [9.17, 15) is 0 Å². The minimum absolute atomic E-state index is 0.767. The van der Waals surface area contributed by atoms with E-state index in [0.717, 1.165) is 99.2 Å². The first-order valence-corrected chi connectivity index (χ1v) is 17.8. The van der Waals surface area contributed by atoms with Gasteiger partial charge in [-0.05, 0) is 73.2 Å². The van der Waals surface area contributed by atoms with Gasteiger partial charge in [0, 0.05) is 43.6 Å². The molecule has 0 N–H and O–H groups in total. The SMILES string of the molecule is C#C/C(=C(\C=C/C)c1ccc(-n2c3ccccc3c3ccc4oc5ccccc5c4c32)cc1)n1c2ccccc2c2ccc3oc4ccccc4c3c21. The monoisotopic (exact) mass is 678 g/mol. The Morgan fingerprint density at radius 1 is 0.528 bits per heavy atom. The highest BCUT2D eigenvalue weighted by molar-refractivity contribution is 6.26. The number of para-hydroxylation sites is 4. The molecule has 11 aromatic rings. The Morgan fingerprint density at radius 2 is 1.06 bits per heavy atom. The van der Waals surface area contributed by atoms with Crippen LogP contribution in [0, 0.1) is 12.3 Å². The molecule has 0 saturated heterocycles. The van der Waals surface area contributed by atoms with Gasteiger partial charge in [0.1, 0.15) is 28.0 Å². The predicted octanol–water partition coefficient (Wildman–Crippen LogP) is 13.3. The van der Waals surface area contributed by atoms with E-state index in [-0.39, 0.29) is 0 Å². The summed E-state index contributed by atoms with van der Waals surface area (Å²) in [5, 5.41) is 9.01. The van der Waals surface area contributed by atoms with Gasteiger partial charge >= 0.3 is 0 Å². The number of hydrogen-bond acceptors (Lipinski definition) is 2. The van der Waals surface area contributed by atoms with Gasteiger partial charge in [0.15, 0.2) is 0 Å². The zero-order chi connectivity index (χ0) is 35.2. The molecule has 4 aromatic heterocycles. The Bertz CT molecular complexity index is 3410. The van der Waals surface area contributed by atoms with Crippen LogP contribution < -0.4 is 0 Å². The van der Waals surface area contributed by atoms with Crippen molar-refractivity contribution in [1.82, 2.24) is 9.13 Å². The van der Waals surface area contributed by atoms with Gasteiger partial charge in [-0.2, -0.15) is 0 Å². The first kappa shape index (κ1) is 29.5. The van der Waals surface area contributed by atoms with E-state index in [1.54, 1.807) is 0 Å². The lowest BCUT2D eigenvalue weighted by molar-refractivity contribution is 0.669. The highest BCUT2D eigenvalue weighted by atomic mass is 16.3. The number of allylic oxidation sites excluding steroid dienone is 4. The lowest BCUT2D eigenvalue weighted by Gasteiger charge is -2.15. The molecule has 0 saturated carbocycles. The Labute approximate surface area is 304 Å². The second-order valence-electron chi connectivity index (χ2n) is 13.5. The van der Waals surface area contributed by atoms with E-state index < -0.39 is 0 Å². The third kappa shape index (κ3) is 4.08. The van der Waals surface area contributed by atoms with Crippen LogP contribution in [-0.2, 0) is 0 Å². The van der Waals surface area contributed by atoms with Crippen LogP contribution in [0.15, 0.2) is 167 Å². The highest BCUT2D eigenvalue weighted by Crippen LogP contribution is 2.43. The van der Waals surface area contributed by atoms with Crippen molar-refractivity contribution in [2.24, 2.45) is 0 Å². The van der Waals surface area contributed by atoms with Crippen molar-refractivity contribution < 1.29 is 8.83 Å². The van der Waals surface area contributed by atoms with E-state index in [1.165, 1.54) is 10.8 Å². The quantitative estimate of drug-likeness (QED) is 0.137. The molecule has 0 unspecified atom stereocenters. The second kappa shape index (κ2) is 11.1. The van der Waals surface area contributed by atoms with Gasteiger partial charge in [-0.3, -0.25) is 0 Å². The van der Waals surface area contributed by atoms with E-state index in [2.05, 4.69) is 149 Å². The molecule has 0 fully saturated rings. The number of benzene rings is 7. The van der Waals surface area contributed by atoms with Crippen LogP contribution in [0.2, 0.25) is 0 Å². The van der Waals surface area contributed by atoms with Gasteiger partial charge in [0.2, 0.25) is 0 Å². The lowest BCUT2D eigenvalue weighted by atomic mass is 10.0. The van der Waals surface area contributed by atoms with Crippen LogP contribution in [0.4, 0.5) is 0 Å². The van der Waals surface area contributed by atoms with Crippen LogP contribution in [0.3, 0.4) is 0 Å². The molecule has 0 atom stereocenters. The average Bonchev–Trinajstić information content (AvgIpc) is 3.95. The molecule has 0 aliphatic rings. The topological polar surface area (TPSA) is 36.1 Å². The fourth-order valence-corrected chi connectivity index (χ4v) is 8.56. The molecular formula is C49H30N2O2. The average molecular weight is 679 g/mol. The molecule has 0 aliphatic carbocycles. The van der Waals surface area contributed by atoms with Gasteiger partial charge in [-0.1, -0.05) is 103 Å². The van der Waals surface area contributed by atoms with Gasteiger partial charge in [-0.25, -0.2) is 0 Å². The summed E-state index contributed by atoms with van der Waals surface area (Å²) in [7, 11) is 0. The van der Waals surface area contributed by atoms with Crippen LogP contribution in [0.25, 0.3) is 104 Å². The summed E-state index contributed by atoms with van der Waals surface area (Å²) in [6, 6.07) is 50.9. The smallest absolute Gasteiger partial charge is 0.137 e. The molecule has 4 heteroatoms. The number of fused-ring (bicyclic) bond motifs is 14. The maximum Gasteiger partial charge on any atom is 0.137 e. The van der Waals surface area contributed by atoms with Crippen molar-refractivity contribution >= 4 is 98.8 Å². The molecule has 0 spiro atoms. The number of rotatable bonds is 4. The van der Waals surface area contributed by atoms with E-state index in [1.807, 2.05) is 31.2 Å². The molecule has 53 heavy (non-hydrogen) atoms. The van der Waals surface area contributed by atoms with Gasteiger partial charge in [0.05, 0.1) is 32.8 Å². The Kier molecular flexibility index (Phi) is 6.20. The summed E-state index contributed by atoms with van der Waals surface area (Å²) in [5.74, 6) is 3.15. The van der Waals surface area contributed by atoms with Crippen molar-refractivity contribution in [2.75, 3.05) is 0 Å². The van der Waals surface area contributed by atoms with Crippen molar-refractivity contribution in [3.05, 3.63) is 163 Å². The standard InChI is InChI=1S/C49H30N2O2/c1-3-13-32(39(4-2)51-41-19-10-6-15-34(41)36-27-29-45-47(49(36)51)38-17-8-12-21-43(38)53-45)30-22-24-31(25-23-30)50-40-18-9-5-14-33(40)35-26-28-44-46(48(35)50)37-16-7-11-20-42(37)52-44/h2-3,5-29H,1H3/b13-3-,39-32-. The molecule has 0 aliphatic heterocycles. The Balaban J connectivity index is 1.18. The fourth-order valence-electron chi connectivity index (χ4n) is 8.56. The normalized spacial score (nSPS) is 12.8. The summed E-state index contributed by atoms with van der Waals surface area (Å²) in [5.41, 5.74) is 11.6. The van der Waals surface area contributed by atoms with Gasteiger partial charge in [-0.15, -0.1) is 6.42 Å². The number of furan rings is 2. The van der Waals surface area contributed by atoms with E-state index >= 15 is 0 Å². The zero-order valence-corrected chi connectivity index (χ0v) is 28.8. The molecule has 7 aromatic carbocycles. The number of aromatic nitrogens is 2. The summed E-state index contributed by atoms with van der Waals surface area (Å²) in [6.45, 7) is 2.04. The van der Waals surface area contributed by atoms with Gasteiger partial charge in [0.25, 0.3) is 0 Å². The van der Waals surface area contributed by atoms with Crippen LogP contribution in [-0.4, -0.2) is 9.13 Å².